The summed E-state index contributed by atoms with van der Waals surface area (Å²) in [5.41, 5.74) is -2.61. The van der Waals surface area contributed by atoms with Gasteiger partial charge in [-0.3, -0.25) is 14.4 Å². The molecule has 0 aromatic rings. The standard InChI is InChI=1S/C26H39N3O5/c1-6-13-27-14-8-11-25(7-2)18(21(27)31)19-22(32)28(15-10-17-30)20-23(33)29(24(3,4)5)16-9-12-26(19,20)34-25/h8-9,11-12,18-20,30H,6-7,10,13-17H2,1-5H3/t18-,19-,20?,25+,26-/m0/s1. The summed E-state index contributed by atoms with van der Waals surface area (Å²) in [6, 6.07) is -0.870. The first-order valence-electron chi connectivity index (χ1n) is 12.6. The van der Waals surface area contributed by atoms with Gasteiger partial charge < -0.3 is 24.5 Å². The van der Waals surface area contributed by atoms with Crippen LogP contribution in [0.3, 0.4) is 0 Å². The van der Waals surface area contributed by atoms with Gasteiger partial charge in [0, 0.05) is 38.3 Å². The Balaban J connectivity index is 1.88. The second kappa shape index (κ2) is 8.79. The minimum absolute atomic E-state index is 0.0792. The van der Waals surface area contributed by atoms with Gasteiger partial charge in [0.25, 0.3) is 0 Å². The van der Waals surface area contributed by atoms with Crippen LogP contribution in [0.5, 0.6) is 0 Å². The molecule has 0 bridgehead atoms. The third-order valence-electron chi connectivity index (χ3n) is 7.88. The third-order valence-corrected chi connectivity index (χ3v) is 7.88. The second-order valence-corrected chi connectivity index (χ2v) is 10.9. The zero-order valence-corrected chi connectivity index (χ0v) is 21.1. The highest BCUT2D eigenvalue weighted by Crippen LogP contribution is 2.58. The summed E-state index contributed by atoms with van der Waals surface area (Å²) in [4.78, 5) is 47.2. The van der Waals surface area contributed by atoms with E-state index in [4.69, 9.17) is 4.74 Å². The molecule has 34 heavy (non-hydrogen) atoms. The summed E-state index contributed by atoms with van der Waals surface area (Å²) in [5.74, 6) is -1.96. The number of carbonyl (C=O) groups is 3. The van der Waals surface area contributed by atoms with Crippen molar-refractivity contribution in [2.24, 2.45) is 11.8 Å². The van der Waals surface area contributed by atoms with E-state index in [9.17, 15) is 19.5 Å². The highest BCUT2D eigenvalue weighted by Gasteiger charge is 2.75. The Bertz CT molecular complexity index is 909. The first-order chi connectivity index (χ1) is 16.1. The van der Waals surface area contributed by atoms with Crippen molar-refractivity contribution < 1.29 is 24.2 Å². The molecule has 8 nitrogen and oxygen atoms in total. The van der Waals surface area contributed by atoms with Crippen LogP contribution < -0.4 is 0 Å². The van der Waals surface area contributed by atoms with Crippen LogP contribution in [0.4, 0.5) is 0 Å². The molecule has 2 fully saturated rings. The number of fused-ring (bicyclic) bond motifs is 2. The molecule has 3 amide bonds. The highest BCUT2D eigenvalue weighted by molar-refractivity contribution is 6.00. The van der Waals surface area contributed by atoms with Gasteiger partial charge in [0.2, 0.25) is 17.7 Å². The Morgan fingerprint density at radius 1 is 1.00 bits per heavy atom. The Morgan fingerprint density at radius 2 is 1.71 bits per heavy atom. The van der Waals surface area contributed by atoms with Crippen LogP contribution in [-0.2, 0) is 19.1 Å². The number of nitrogens with zero attached hydrogens (tertiary/aromatic N) is 3. The molecule has 0 aliphatic carbocycles. The smallest absolute Gasteiger partial charge is 0.249 e. The summed E-state index contributed by atoms with van der Waals surface area (Å²) < 4.78 is 6.89. The monoisotopic (exact) mass is 473 g/mol. The lowest BCUT2D eigenvalue weighted by molar-refractivity contribution is -0.156. The number of hydrogen-bond acceptors (Lipinski definition) is 5. The van der Waals surface area contributed by atoms with Gasteiger partial charge in [0.05, 0.1) is 17.4 Å². The number of aliphatic hydroxyl groups is 1. The SMILES string of the molecule is CCCN1CC=C[C@@]2(CC)O[C@]34C=CCN(C(C)(C)C)C(=O)C3N(CCCO)C(=O)[C@@H]4[C@H]2C1=O. The molecule has 1 unspecified atom stereocenters. The van der Waals surface area contributed by atoms with E-state index in [-0.39, 0.29) is 30.9 Å². The Kier molecular flexibility index (Phi) is 6.44. The van der Waals surface area contributed by atoms with Gasteiger partial charge in [-0.2, -0.15) is 0 Å². The second-order valence-electron chi connectivity index (χ2n) is 10.9. The van der Waals surface area contributed by atoms with Crippen LogP contribution in [-0.4, -0.2) is 93.1 Å². The normalized spacial score (nSPS) is 35.4. The Labute approximate surface area is 202 Å². The van der Waals surface area contributed by atoms with Crippen LogP contribution in [0.1, 0.15) is 53.9 Å². The zero-order valence-electron chi connectivity index (χ0n) is 21.1. The van der Waals surface area contributed by atoms with E-state index in [2.05, 4.69) is 0 Å². The molecule has 0 radical (unpaired) electrons. The van der Waals surface area contributed by atoms with Crippen molar-refractivity contribution in [2.45, 2.75) is 76.7 Å². The van der Waals surface area contributed by atoms with Crippen molar-refractivity contribution >= 4 is 17.7 Å². The number of ether oxygens (including phenoxy) is 1. The fourth-order valence-corrected chi connectivity index (χ4v) is 6.37. The quantitative estimate of drug-likeness (QED) is 0.594. The topological polar surface area (TPSA) is 90.4 Å². The molecule has 8 heteroatoms. The molecule has 1 N–H and O–H groups in total. The third kappa shape index (κ3) is 3.52. The minimum atomic E-state index is -1.22. The van der Waals surface area contributed by atoms with Gasteiger partial charge >= 0.3 is 0 Å². The van der Waals surface area contributed by atoms with Crippen LogP contribution >= 0.6 is 0 Å². The van der Waals surface area contributed by atoms with Crippen molar-refractivity contribution in [2.75, 3.05) is 32.8 Å². The molecule has 1 spiro atoms. The van der Waals surface area contributed by atoms with E-state index >= 15 is 0 Å². The lowest BCUT2D eigenvalue weighted by Gasteiger charge is -2.41. The fourth-order valence-electron chi connectivity index (χ4n) is 6.37. The van der Waals surface area contributed by atoms with Crippen LogP contribution in [0.2, 0.25) is 0 Å². The first kappa shape index (κ1) is 24.9. The van der Waals surface area contributed by atoms with E-state index < -0.39 is 34.6 Å². The highest BCUT2D eigenvalue weighted by atomic mass is 16.5. The zero-order chi connectivity index (χ0) is 24.9. The molecule has 4 aliphatic rings. The molecule has 188 valence electrons. The molecule has 0 saturated carbocycles. The van der Waals surface area contributed by atoms with Gasteiger partial charge in [0.1, 0.15) is 11.6 Å². The predicted molar refractivity (Wildman–Crippen MR) is 128 cm³/mol. The molecular weight excluding hydrogens is 434 g/mol. The summed E-state index contributed by atoms with van der Waals surface area (Å²) in [7, 11) is 0. The van der Waals surface area contributed by atoms with Crippen molar-refractivity contribution in [3.05, 3.63) is 24.3 Å². The lowest BCUT2D eigenvalue weighted by atomic mass is 9.73. The first-order valence-corrected chi connectivity index (χ1v) is 12.6. The van der Waals surface area contributed by atoms with Crippen molar-refractivity contribution in [1.82, 2.24) is 14.7 Å². The predicted octanol–water partition coefficient (Wildman–Crippen LogP) is 1.74. The molecular formula is C26H39N3O5. The van der Waals surface area contributed by atoms with Crippen molar-refractivity contribution in [1.29, 1.82) is 0 Å². The average Bonchev–Trinajstić information content (AvgIpc) is 3.06. The van der Waals surface area contributed by atoms with Gasteiger partial charge in [-0.05, 0) is 40.0 Å². The fraction of sp³-hybridized carbons (Fsp3) is 0.731. The van der Waals surface area contributed by atoms with Gasteiger partial charge in [-0.25, -0.2) is 0 Å². The largest absolute Gasteiger partial charge is 0.396 e. The summed E-state index contributed by atoms with van der Waals surface area (Å²) >= 11 is 0. The average molecular weight is 474 g/mol. The number of amides is 3. The molecule has 4 rings (SSSR count). The lowest BCUT2D eigenvalue weighted by Crippen LogP contribution is -2.59. The molecule has 4 heterocycles. The van der Waals surface area contributed by atoms with Gasteiger partial charge in [-0.15, -0.1) is 0 Å². The van der Waals surface area contributed by atoms with E-state index in [1.807, 2.05) is 63.8 Å². The van der Waals surface area contributed by atoms with Gasteiger partial charge in [0.15, 0.2) is 0 Å². The van der Waals surface area contributed by atoms with Crippen molar-refractivity contribution in [3.8, 4) is 0 Å². The number of likely N-dealkylation sites (tertiary alicyclic amines) is 1. The van der Waals surface area contributed by atoms with Crippen molar-refractivity contribution in [3.63, 3.8) is 0 Å². The summed E-state index contributed by atoms with van der Waals surface area (Å²) in [6.45, 7) is 11.6. The van der Waals surface area contributed by atoms with E-state index in [0.717, 1.165) is 6.42 Å². The van der Waals surface area contributed by atoms with E-state index in [0.29, 0.717) is 32.5 Å². The molecule has 0 aromatic heterocycles. The Hall–Kier alpha value is -2.19. The molecule has 4 aliphatic heterocycles. The number of aliphatic hydroxyl groups excluding tert-OH is 1. The molecule has 2 saturated heterocycles. The molecule has 0 aromatic carbocycles. The summed E-state index contributed by atoms with van der Waals surface area (Å²) in [5, 5.41) is 9.50. The maximum Gasteiger partial charge on any atom is 0.249 e. The van der Waals surface area contributed by atoms with E-state index in [1.54, 1.807) is 9.80 Å². The van der Waals surface area contributed by atoms with Crippen LogP contribution in [0.25, 0.3) is 0 Å². The minimum Gasteiger partial charge on any atom is -0.396 e. The maximum absolute atomic E-state index is 14.1. The Morgan fingerprint density at radius 3 is 2.32 bits per heavy atom. The van der Waals surface area contributed by atoms with Crippen LogP contribution in [0, 0.1) is 11.8 Å². The maximum atomic E-state index is 14.1. The molecule has 5 atom stereocenters. The van der Waals surface area contributed by atoms with Crippen LogP contribution in [0.15, 0.2) is 24.3 Å². The number of hydrogen-bond donors (Lipinski definition) is 1. The van der Waals surface area contributed by atoms with E-state index in [1.165, 1.54) is 0 Å². The number of rotatable bonds is 6. The number of carbonyl (C=O) groups excluding carboxylic acids is 3. The summed E-state index contributed by atoms with van der Waals surface area (Å²) in [6.07, 6.45) is 9.45. The van der Waals surface area contributed by atoms with Gasteiger partial charge in [-0.1, -0.05) is 38.2 Å².